The van der Waals surface area contributed by atoms with Crippen molar-refractivity contribution in [3.63, 3.8) is 0 Å². The fourth-order valence-electron chi connectivity index (χ4n) is 1.02. The lowest BCUT2D eigenvalue weighted by Crippen LogP contribution is -2.04. The molecule has 1 aromatic heterocycles. The molecule has 0 aliphatic carbocycles. The van der Waals surface area contributed by atoms with Gasteiger partial charge in [0.2, 0.25) is 0 Å². The summed E-state index contributed by atoms with van der Waals surface area (Å²) in [7, 11) is -4.79. The number of nitrogens with zero attached hydrogens (tertiary/aromatic N) is 1. The van der Waals surface area contributed by atoms with E-state index in [2.05, 4.69) is 20.1 Å². The number of oxazole rings is 1. The second kappa shape index (κ2) is 2.25. The van der Waals surface area contributed by atoms with Crippen molar-refractivity contribution in [3.8, 4) is 0 Å². The smallest absolute Gasteiger partial charge is 0.341 e. The van der Waals surface area contributed by atoms with E-state index in [1.807, 2.05) is 0 Å². The van der Waals surface area contributed by atoms with E-state index >= 15 is 0 Å². The number of hydrogen-bond donors (Lipinski definition) is 0. The normalized spacial score (nSPS) is 17.4. The highest BCUT2D eigenvalue weighted by atomic mass is 35.7. The molecule has 0 saturated heterocycles. The molecule has 0 unspecified atom stereocenters. The first-order chi connectivity index (χ1) is 6.56. The molecule has 0 aliphatic rings. The van der Waals surface area contributed by atoms with Crippen LogP contribution < -0.4 is 0 Å². The van der Waals surface area contributed by atoms with Crippen molar-refractivity contribution in [3.05, 3.63) is 24.3 Å². The molecule has 1 aromatic carbocycles. The predicted molar refractivity (Wildman–Crippen MR) is 50.2 cm³/mol. The monoisotopic (exact) mass is 261 g/mol. The van der Waals surface area contributed by atoms with Crippen LogP contribution in [-0.2, 0) is 0 Å². The van der Waals surface area contributed by atoms with E-state index in [4.69, 9.17) is 0 Å². The van der Waals surface area contributed by atoms with Gasteiger partial charge in [-0.25, -0.2) is 0 Å². The van der Waals surface area contributed by atoms with Crippen LogP contribution in [0.2, 0.25) is 0 Å². The largest absolute Gasteiger partial charge is 0.426 e. The molecular formula is C7H4ClF4NOS. The van der Waals surface area contributed by atoms with Gasteiger partial charge in [-0.3, -0.25) is 0 Å². The third kappa shape index (κ3) is 2.03. The molecular weight excluding hydrogens is 258 g/mol. The zero-order valence-corrected chi connectivity index (χ0v) is 8.54. The minimum absolute atomic E-state index is 0.0937. The molecule has 84 valence electrons. The van der Waals surface area contributed by atoms with Gasteiger partial charge in [-0.15, -0.1) is 15.5 Å². The number of fused-ring (bicyclic) bond motifs is 1. The number of para-hydroxylation sites is 2. The first-order valence-electron chi connectivity index (χ1n) is 3.66. The van der Waals surface area contributed by atoms with Crippen LogP contribution in [0.3, 0.4) is 0 Å². The van der Waals surface area contributed by atoms with E-state index in [0.29, 0.717) is 0 Å². The summed E-state index contributed by atoms with van der Waals surface area (Å²) in [6.07, 6.45) is 0. The van der Waals surface area contributed by atoms with Crippen LogP contribution >= 0.6 is 19.7 Å². The summed E-state index contributed by atoms with van der Waals surface area (Å²) in [6, 6.07) is 5.41. The van der Waals surface area contributed by atoms with Gasteiger partial charge in [-0.2, -0.15) is 4.98 Å². The molecule has 0 atom stereocenters. The lowest BCUT2D eigenvalue weighted by molar-refractivity contribution is 0.380. The first-order valence-corrected chi connectivity index (χ1v) is 6.54. The van der Waals surface area contributed by atoms with Crippen LogP contribution in [0, 0.1) is 0 Å². The molecule has 0 bridgehead atoms. The van der Waals surface area contributed by atoms with Crippen molar-refractivity contribution >= 4 is 30.8 Å². The quantitative estimate of drug-likeness (QED) is 0.692. The minimum Gasteiger partial charge on any atom is -0.426 e. The summed E-state index contributed by atoms with van der Waals surface area (Å²) in [4.78, 5) is 2.98. The molecule has 0 N–H and O–H groups in total. The first kappa shape index (κ1) is 10.6. The van der Waals surface area contributed by atoms with E-state index in [0.717, 1.165) is 0 Å². The molecule has 0 saturated carbocycles. The molecule has 0 aliphatic heterocycles. The van der Waals surface area contributed by atoms with Gasteiger partial charge in [0.1, 0.15) is 5.52 Å². The fourth-order valence-corrected chi connectivity index (χ4v) is 1.73. The highest BCUT2D eigenvalue weighted by molar-refractivity contribution is 8.65. The predicted octanol–water partition coefficient (Wildman–Crippen LogP) is 4.75. The second-order valence-electron chi connectivity index (χ2n) is 2.92. The molecule has 0 amide bonds. The summed E-state index contributed by atoms with van der Waals surface area (Å²) < 4.78 is 54.9. The maximum Gasteiger partial charge on any atom is 0.341 e. The fraction of sp³-hybridized carbons (Fsp3) is 0. The zero-order valence-electron chi connectivity index (χ0n) is 6.96. The van der Waals surface area contributed by atoms with Crippen LogP contribution in [0.4, 0.5) is 15.5 Å². The SMILES string of the molecule is FS(F)(F)(F)(Cl)c1nc2ccccc2o1. The maximum atomic E-state index is 12.7. The van der Waals surface area contributed by atoms with Crippen LogP contribution in [-0.4, -0.2) is 4.98 Å². The van der Waals surface area contributed by atoms with Crippen LogP contribution in [0.5, 0.6) is 0 Å². The van der Waals surface area contributed by atoms with Crippen molar-refractivity contribution in [1.82, 2.24) is 4.98 Å². The third-order valence-corrected chi connectivity index (χ3v) is 2.83. The van der Waals surface area contributed by atoms with Crippen LogP contribution in [0.15, 0.2) is 33.9 Å². The highest BCUT2D eigenvalue weighted by Crippen LogP contribution is 3.04. The van der Waals surface area contributed by atoms with Crippen molar-refractivity contribution in [2.24, 2.45) is 0 Å². The topological polar surface area (TPSA) is 26.0 Å². The number of halogens is 5. The van der Waals surface area contributed by atoms with Gasteiger partial charge in [0, 0.05) is 10.7 Å². The number of aromatic nitrogens is 1. The Labute approximate surface area is 85.8 Å². The van der Waals surface area contributed by atoms with Crippen LogP contribution in [0.1, 0.15) is 0 Å². The average molecular weight is 262 g/mol. The van der Waals surface area contributed by atoms with E-state index < -0.39 is 14.3 Å². The molecule has 8 heteroatoms. The molecule has 0 fully saturated rings. The standard InChI is InChI=1S/C7H4ClF4NOS/c8-15(9,10,11,12)7-13-5-3-1-2-4-6(5)14-7/h1-4H. The Kier molecular flexibility index (Phi) is 1.58. The number of hydrogen-bond acceptors (Lipinski definition) is 2. The Hall–Kier alpha value is -0.950. The summed E-state index contributed by atoms with van der Waals surface area (Å²) in [5.74, 6) is 0. The molecule has 2 nitrogen and oxygen atoms in total. The lowest BCUT2D eigenvalue weighted by atomic mass is 10.3. The average Bonchev–Trinajstić information content (AvgIpc) is 2.43. The summed E-state index contributed by atoms with van der Waals surface area (Å²) in [6.45, 7) is 0. The molecule has 1 heterocycles. The maximum absolute atomic E-state index is 12.7. The van der Waals surface area contributed by atoms with Gasteiger partial charge in [0.15, 0.2) is 5.58 Å². The molecule has 2 rings (SSSR count). The number of benzene rings is 1. The van der Waals surface area contributed by atoms with Crippen molar-refractivity contribution < 1.29 is 20.0 Å². The second-order valence-corrected chi connectivity index (χ2v) is 7.07. The van der Waals surface area contributed by atoms with E-state index in [-0.39, 0.29) is 11.1 Å². The Morgan fingerprint density at radius 1 is 1.13 bits per heavy atom. The molecule has 0 radical (unpaired) electrons. The van der Waals surface area contributed by atoms with Crippen molar-refractivity contribution in [2.45, 2.75) is 5.22 Å². The number of rotatable bonds is 1. The molecule has 0 spiro atoms. The van der Waals surface area contributed by atoms with E-state index in [9.17, 15) is 15.5 Å². The van der Waals surface area contributed by atoms with Crippen LogP contribution in [0.25, 0.3) is 11.1 Å². The van der Waals surface area contributed by atoms with Gasteiger partial charge in [-0.1, -0.05) is 12.1 Å². The highest BCUT2D eigenvalue weighted by Gasteiger charge is 2.68. The summed E-state index contributed by atoms with van der Waals surface area (Å²) in [5.41, 5.74) is -0.257. The van der Waals surface area contributed by atoms with E-state index in [1.54, 1.807) is 0 Å². The zero-order chi connectivity index (χ0) is 11.4. The lowest BCUT2D eigenvalue weighted by Gasteiger charge is -2.37. The van der Waals surface area contributed by atoms with Gasteiger partial charge < -0.3 is 4.42 Å². The molecule has 2 aromatic rings. The summed E-state index contributed by atoms with van der Waals surface area (Å²) in [5, 5.41) is -2.02. The Bertz CT molecular complexity index is 501. The Balaban J connectivity index is 2.76. The third-order valence-electron chi connectivity index (χ3n) is 1.60. The van der Waals surface area contributed by atoms with Gasteiger partial charge in [0.25, 0.3) is 9.05 Å². The van der Waals surface area contributed by atoms with Crippen molar-refractivity contribution in [1.29, 1.82) is 0 Å². The minimum atomic E-state index is -8.82. The van der Waals surface area contributed by atoms with Gasteiger partial charge >= 0.3 is 5.22 Å². The summed E-state index contributed by atoms with van der Waals surface area (Å²) >= 11 is 0. The Morgan fingerprint density at radius 3 is 2.27 bits per heavy atom. The Morgan fingerprint density at radius 2 is 1.73 bits per heavy atom. The van der Waals surface area contributed by atoms with Crippen molar-refractivity contribution in [2.75, 3.05) is 0 Å². The molecule has 15 heavy (non-hydrogen) atoms. The van der Waals surface area contributed by atoms with E-state index in [1.165, 1.54) is 24.3 Å². The van der Waals surface area contributed by atoms with Gasteiger partial charge in [-0.05, 0) is 12.1 Å². The van der Waals surface area contributed by atoms with Gasteiger partial charge in [0.05, 0.1) is 0 Å².